The third kappa shape index (κ3) is 4.04. The Morgan fingerprint density at radius 2 is 2.04 bits per heavy atom. The van der Waals surface area contributed by atoms with Crippen molar-refractivity contribution in [2.75, 3.05) is 20.6 Å². The van der Waals surface area contributed by atoms with Crippen LogP contribution in [0.15, 0.2) is 18.3 Å². The summed E-state index contributed by atoms with van der Waals surface area (Å²) in [5.41, 5.74) is 2.55. The Labute approximate surface area is 161 Å². The number of hydrogen-bond donors (Lipinski definition) is 0. The molecule has 27 heavy (non-hydrogen) atoms. The Morgan fingerprint density at radius 3 is 2.74 bits per heavy atom. The average molecular weight is 393 g/mol. The van der Waals surface area contributed by atoms with Crippen LogP contribution in [-0.4, -0.2) is 57.4 Å². The van der Waals surface area contributed by atoms with Gasteiger partial charge in [0.2, 0.25) is 0 Å². The molecule has 1 aliphatic rings. The van der Waals surface area contributed by atoms with Crippen LogP contribution in [0.25, 0.3) is 11.4 Å². The molecule has 1 aliphatic heterocycles. The van der Waals surface area contributed by atoms with Crippen molar-refractivity contribution in [1.82, 2.24) is 28.4 Å². The van der Waals surface area contributed by atoms with E-state index in [0.717, 1.165) is 49.3 Å². The molecule has 0 bridgehead atoms. The molecule has 8 nitrogen and oxygen atoms in total. The van der Waals surface area contributed by atoms with Crippen molar-refractivity contribution in [2.45, 2.75) is 52.1 Å². The van der Waals surface area contributed by atoms with E-state index in [-0.39, 0.29) is 6.04 Å². The minimum absolute atomic E-state index is 0.340. The van der Waals surface area contributed by atoms with Gasteiger partial charge in [-0.15, -0.1) is 0 Å². The van der Waals surface area contributed by atoms with E-state index in [9.17, 15) is 8.42 Å². The lowest BCUT2D eigenvalue weighted by atomic mass is 10.0. The van der Waals surface area contributed by atoms with E-state index < -0.39 is 10.2 Å². The Bertz CT molecular complexity index is 893. The molecule has 0 radical (unpaired) electrons. The summed E-state index contributed by atoms with van der Waals surface area (Å²) < 4.78 is 30.3. The monoisotopic (exact) mass is 392 g/mol. The molecule has 3 heterocycles. The minimum Gasteiger partial charge on any atom is -0.263 e. The van der Waals surface area contributed by atoms with Crippen molar-refractivity contribution >= 4 is 10.2 Å². The van der Waals surface area contributed by atoms with Gasteiger partial charge in [0.05, 0.1) is 17.4 Å². The molecular formula is C18H28N6O2S. The van der Waals surface area contributed by atoms with Crippen LogP contribution in [0.1, 0.15) is 50.2 Å². The quantitative estimate of drug-likeness (QED) is 0.754. The van der Waals surface area contributed by atoms with Crippen LogP contribution in [-0.2, 0) is 16.8 Å². The highest BCUT2D eigenvalue weighted by Crippen LogP contribution is 2.33. The summed E-state index contributed by atoms with van der Waals surface area (Å²) in [7, 11) is -0.400. The van der Waals surface area contributed by atoms with Crippen molar-refractivity contribution < 1.29 is 8.42 Å². The highest BCUT2D eigenvalue weighted by Gasteiger charge is 2.36. The smallest absolute Gasteiger partial charge is 0.263 e. The summed E-state index contributed by atoms with van der Waals surface area (Å²) in [6.07, 6.45) is 5.29. The average Bonchev–Trinajstić information content (AvgIpc) is 3.10. The summed E-state index contributed by atoms with van der Waals surface area (Å²) >= 11 is 0. The highest BCUT2D eigenvalue weighted by molar-refractivity contribution is 7.86. The molecule has 9 heteroatoms. The Kier molecular flexibility index (Phi) is 5.92. The molecular weight excluding hydrogens is 364 g/mol. The van der Waals surface area contributed by atoms with Crippen LogP contribution < -0.4 is 0 Å². The second-order valence-corrected chi connectivity index (χ2v) is 9.20. The van der Waals surface area contributed by atoms with E-state index in [1.165, 1.54) is 4.31 Å². The first-order valence-electron chi connectivity index (χ1n) is 9.41. The predicted octanol–water partition coefficient (Wildman–Crippen LogP) is 2.39. The molecule has 0 saturated carbocycles. The third-order valence-corrected chi connectivity index (χ3v) is 6.75. The molecule has 0 spiro atoms. The summed E-state index contributed by atoms with van der Waals surface area (Å²) in [5.74, 6) is 0.569. The normalized spacial score (nSPS) is 18.9. The largest absolute Gasteiger partial charge is 0.282 e. The molecule has 1 saturated heterocycles. The Hall–Kier alpha value is -1.84. The SMILES string of the molecule is CCCn1nccc1-c1cc(C)nc([C@@H]2CCCCN2S(=O)(=O)N(C)C)n1. The third-order valence-electron chi connectivity index (χ3n) is 4.80. The number of nitrogens with zero attached hydrogens (tertiary/aromatic N) is 6. The minimum atomic E-state index is -3.52. The van der Waals surface area contributed by atoms with Gasteiger partial charge in [-0.05, 0) is 38.3 Å². The first-order valence-corrected chi connectivity index (χ1v) is 10.8. The number of aryl methyl sites for hydroxylation is 2. The first kappa shape index (κ1) is 19.9. The van der Waals surface area contributed by atoms with Crippen LogP contribution in [0.4, 0.5) is 0 Å². The molecule has 1 atom stereocenters. The molecule has 0 aliphatic carbocycles. The van der Waals surface area contributed by atoms with Crippen LogP contribution in [0.3, 0.4) is 0 Å². The van der Waals surface area contributed by atoms with Crippen molar-refractivity contribution in [1.29, 1.82) is 0 Å². The van der Waals surface area contributed by atoms with Gasteiger partial charge in [0.15, 0.2) is 0 Å². The maximum atomic E-state index is 12.8. The van der Waals surface area contributed by atoms with Gasteiger partial charge in [-0.1, -0.05) is 13.3 Å². The van der Waals surface area contributed by atoms with Crippen LogP contribution in [0, 0.1) is 6.92 Å². The summed E-state index contributed by atoms with van der Waals surface area (Å²) in [5, 5.41) is 4.37. The zero-order valence-corrected chi connectivity index (χ0v) is 17.3. The van der Waals surface area contributed by atoms with Crippen LogP contribution >= 0.6 is 0 Å². The van der Waals surface area contributed by atoms with E-state index in [2.05, 4.69) is 17.0 Å². The second kappa shape index (κ2) is 8.04. The molecule has 0 aromatic carbocycles. The highest BCUT2D eigenvalue weighted by atomic mass is 32.2. The fourth-order valence-corrected chi connectivity index (χ4v) is 4.76. The molecule has 148 valence electrons. The van der Waals surface area contributed by atoms with Crippen molar-refractivity contribution in [3.05, 3.63) is 29.8 Å². The standard InChI is InChI=1S/C18H28N6O2S/c1-5-11-23-16(9-10-19-23)15-13-14(2)20-18(21-15)17-8-6-7-12-24(17)27(25,26)22(3)4/h9-10,13,17H,5-8,11-12H2,1-4H3/t17-/m0/s1. The van der Waals surface area contributed by atoms with Gasteiger partial charge in [-0.25, -0.2) is 9.97 Å². The maximum absolute atomic E-state index is 12.8. The molecule has 0 amide bonds. The van der Waals surface area contributed by atoms with E-state index in [0.29, 0.717) is 12.4 Å². The fraction of sp³-hybridized carbons (Fsp3) is 0.611. The zero-order valence-electron chi connectivity index (χ0n) is 16.5. The maximum Gasteiger partial charge on any atom is 0.282 e. The lowest BCUT2D eigenvalue weighted by Crippen LogP contribution is -2.45. The van der Waals surface area contributed by atoms with E-state index in [1.807, 2.05) is 23.7 Å². The van der Waals surface area contributed by atoms with Gasteiger partial charge < -0.3 is 0 Å². The Balaban J connectivity index is 2.03. The van der Waals surface area contributed by atoms with E-state index >= 15 is 0 Å². The van der Waals surface area contributed by atoms with Gasteiger partial charge in [-0.3, -0.25) is 4.68 Å². The van der Waals surface area contributed by atoms with Gasteiger partial charge in [0.1, 0.15) is 5.82 Å². The predicted molar refractivity (Wildman–Crippen MR) is 104 cm³/mol. The molecule has 3 rings (SSSR count). The topological polar surface area (TPSA) is 84.2 Å². The lowest BCUT2D eigenvalue weighted by molar-refractivity contribution is 0.234. The molecule has 1 fully saturated rings. The molecule has 2 aromatic rings. The summed E-state index contributed by atoms with van der Waals surface area (Å²) in [4.78, 5) is 9.37. The Morgan fingerprint density at radius 1 is 1.26 bits per heavy atom. The van der Waals surface area contributed by atoms with E-state index in [4.69, 9.17) is 4.98 Å². The molecule has 2 aromatic heterocycles. The first-order chi connectivity index (χ1) is 12.8. The lowest BCUT2D eigenvalue weighted by Gasteiger charge is -2.35. The number of piperidine rings is 1. The van der Waals surface area contributed by atoms with E-state index in [1.54, 1.807) is 24.6 Å². The zero-order chi connectivity index (χ0) is 19.6. The van der Waals surface area contributed by atoms with Gasteiger partial charge in [0.25, 0.3) is 10.2 Å². The number of rotatable bonds is 6. The van der Waals surface area contributed by atoms with Crippen molar-refractivity contribution in [3.8, 4) is 11.4 Å². The fourth-order valence-electron chi connectivity index (χ4n) is 3.46. The summed E-state index contributed by atoms with van der Waals surface area (Å²) in [6.45, 7) is 5.33. The number of aromatic nitrogens is 4. The second-order valence-electron chi connectivity index (χ2n) is 7.10. The molecule has 0 N–H and O–H groups in total. The van der Waals surface area contributed by atoms with Crippen LogP contribution in [0.2, 0.25) is 0 Å². The summed E-state index contributed by atoms with van der Waals surface area (Å²) in [6, 6.07) is 3.53. The van der Waals surface area contributed by atoms with Crippen molar-refractivity contribution in [3.63, 3.8) is 0 Å². The van der Waals surface area contributed by atoms with Gasteiger partial charge in [-0.2, -0.15) is 22.1 Å². The van der Waals surface area contributed by atoms with Crippen molar-refractivity contribution in [2.24, 2.45) is 0 Å². The van der Waals surface area contributed by atoms with Gasteiger partial charge >= 0.3 is 0 Å². The molecule has 0 unspecified atom stereocenters. The van der Waals surface area contributed by atoms with Crippen LogP contribution in [0.5, 0.6) is 0 Å². The van der Waals surface area contributed by atoms with Gasteiger partial charge in [0, 0.05) is 39.1 Å². The number of hydrogen-bond acceptors (Lipinski definition) is 5.